The van der Waals surface area contributed by atoms with Crippen LogP contribution in [-0.2, 0) is 0 Å². The first-order valence-corrected chi connectivity index (χ1v) is 9.30. The van der Waals surface area contributed by atoms with E-state index in [0.717, 1.165) is 26.2 Å². The normalized spacial score (nSPS) is 10.9. The highest BCUT2D eigenvalue weighted by Gasteiger charge is 2.17. The molecular weight excluding hydrogens is 358 g/mol. The van der Waals surface area contributed by atoms with Crippen molar-refractivity contribution in [3.8, 4) is 11.1 Å². The van der Waals surface area contributed by atoms with Crippen LogP contribution < -0.4 is 11.0 Å². The van der Waals surface area contributed by atoms with Crippen molar-refractivity contribution in [3.63, 3.8) is 0 Å². The van der Waals surface area contributed by atoms with E-state index < -0.39 is 0 Å². The Bertz CT molecular complexity index is 1210. The first-order chi connectivity index (χ1) is 13.0. The number of thiophene rings is 1. The number of benzene rings is 2. The Hall–Kier alpha value is -3.25. The fourth-order valence-corrected chi connectivity index (χ4v) is 4.10. The summed E-state index contributed by atoms with van der Waals surface area (Å²) in [6.45, 7) is 3.89. The maximum atomic E-state index is 13.1. The van der Waals surface area contributed by atoms with Crippen molar-refractivity contribution in [2.75, 3.05) is 5.43 Å². The zero-order valence-corrected chi connectivity index (χ0v) is 15.7. The molecule has 0 radical (unpaired) electrons. The minimum Gasteiger partial charge on any atom is -0.267 e. The second-order valence-electron chi connectivity index (χ2n) is 6.31. The molecule has 27 heavy (non-hydrogen) atoms. The maximum Gasteiger partial charge on any atom is 0.281 e. The zero-order valence-electron chi connectivity index (χ0n) is 14.9. The number of aromatic nitrogens is 2. The van der Waals surface area contributed by atoms with E-state index in [-0.39, 0.29) is 11.5 Å². The van der Waals surface area contributed by atoms with Crippen LogP contribution >= 0.6 is 11.3 Å². The lowest BCUT2D eigenvalue weighted by Gasteiger charge is -2.09. The Labute approximate surface area is 159 Å². The predicted octanol–water partition coefficient (Wildman–Crippen LogP) is 4.13. The van der Waals surface area contributed by atoms with Crippen LogP contribution in [0, 0.1) is 13.8 Å². The van der Waals surface area contributed by atoms with Crippen LogP contribution in [0.25, 0.3) is 21.3 Å². The Morgan fingerprint density at radius 3 is 2.59 bits per heavy atom. The van der Waals surface area contributed by atoms with Gasteiger partial charge in [-0.05, 0) is 31.5 Å². The van der Waals surface area contributed by atoms with Gasteiger partial charge in [0.25, 0.3) is 11.5 Å². The predicted molar refractivity (Wildman–Crippen MR) is 109 cm³/mol. The van der Waals surface area contributed by atoms with E-state index in [0.29, 0.717) is 15.8 Å². The van der Waals surface area contributed by atoms with E-state index in [2.05, 4.69) is 10.4 Å². The average Bonchev–Trinajstić information content (AvgIpc) is 3.01. The van der Waals surface area contributed by atoms with Crippen molar-refractivity contribution < 1.29 is 4.79 Å². The van der Waals surface area contributed by atoms with Gasteiger partial charge >= 0.3 is 0 Å². The van der Waals surface area contributed by atoms with Gasteiger partial charge in [0.15, 0.2) is 0 Å². The Morgan fingerprint density at radius 1 is 1.07 bits per heavy atom. The first kappa shape index (κ1) is 17.2. The summed E-state index contributed by atoms with van der Waals surface area (Å²) >= 11 is 1.48. The van der Waals surface area contributed by atoms with Gasteiger partial charge in [-0.3, -0.25) is 15.0 Å². The van der Waals surface area contributed by atoms with Gasteiger partial charge < -0.3 is 0 Å². The van der Waals surface area contributed by atoms with Gasteiger partial charge in [-0.15, -0.1) is 11.3 Å². The largest absolute Gasteiger partial charge is 0.281 e. The highest BCUT2D eigenvalue weighted by atomic mass is 32.1. The van der Waals surface area contributed by atoms with Gasteiger partial charge in [0.2, 0.25) is 0 Å². The molecular formula is C21H17N3O2S. The molecule has 0 spiro atoms. The summed E-state index contributed by atoms with van der Waals surface area (Å²) < 4.78 is 1.16. The molecule has 0 aliphatic rings. The minimum absolute atomic E-state index is 0.288. The van der Waals surface area contributed by atoms with E-state index >= 15 is 0 Å². The zero-order chi connectivity index (χ0) is 19.0. The molecule has 0 bridgehead atoms. The molecule has 0 saturated carbocycles. The van der Waals surface area contributed by atoms with Gasteiger partial charge in [0.05, 0.1) is 5.39 Å². The van der Waals surface area contributed by atoms with Gasteiger partial charge in [0.1, 0.15) is 11.2 Å². The number of carbonyl (C=O) groups excluding carboxylic acids is 1. The van der Waals surface area contributed by atoms with E-state index in [4.69, 9.17) is 0 Å². The molecule has 6 heteroatoms. The molecule has 2 aromatic heterocycles. The molecule has 0 saturated heterocycles. The van der Waals surface area contributed by atoms with E-state index in [1.165, 1.54) is 17.7 Å². The minimum atomic E-state index is -0.352. The van der Waals surface area contributed by atoms with Crippen molar-refractivity contribution in [2.24, 2.45) is 0 Å². The second-order valence-corrected chi connectivity index (χ2v) is 7.51. The number of fused-ring (bicyclic) bond motifs is 1. The fourth-order valence-electron chi connectivity index (χ4n) is 3.09. The molecule has 134 valence electrons. The maximum absolute atomic E-state index is 13.1. The van der Waals surface area contributed by atoms with Gasteiger partial charge in [-0.2, -0.15) is 0 Å². The van der Waals surface area contributed by atoms with Crippen molar-refractivity contribution in [1.82, 2.24) is 9.66 Å². The topological polar surface area (TPSA) is 64.0 Å². The summed E-state index contributed by atoms with van der Waals surface area (Å²) in [5.41, 5.74) is 5.65. The Morgan fingerprint density at radius 2 is 1.85 bits per heavy atom. The van der Waals surface area contributed by atoms with E-state index in [1.54, 1.807) is 12.1 Å². The highest BCUT2D eigenvalue weighted by Crippen LogP contribution is 2.35. The third-order valence-corrected chi connectivity index (χ3v) is 5.37. The molecule has 2 heterocycles. The Kier molecular flexibility index (Phi) is 4.33. The fraction of sp³-hybridized carbons (Fsp3) is 0.0952. The molecule has 0 aliphatic carbocycles. The lowest BCUT2D eigenvalue weighted by molar-refractivity contribution is 0.101. The Balaban J connectivity index is 1.81. The SMILES string of the molecule is Cc1cccc(C(=O)Nn2cnc3sc(C)c(-c4ccccc4)c3c2=O)c1. The van der Waals surface area contributed by atoms with Gasteiger partial charge in [-0.25, -0.2) is 9.66 Å². The summed E-state index contributed by atoms with van der Waals surface area (Å²) in [6, 6.07) is 17.0. The molecule has 0 fully saturated rings. The number of nitrogens with zero attached hydrogens (tertiary/aromatic N) is 2. The van der Waals surface area contributed by atoms with Crippen LogP contribution in [0.5, 0.6) is 0 Å². The third kappa shape index (κ3) is 3.15. The molecule has 1 N–H and O–H groups in total. The quantitative estimate of drug-likeness (QED) is 0.586. The van der Waals surface area contributed by atoms with Gasteiger partial charge in [-0.1, -0.05) is 48.0 Å². The molecule has 2 aromatic carbocycles. The summed E-state index contributed by atoms with van der Waals surface area (Å²) in [7, 11) is 0. The monoisotopic (exact) mass is 375 g/mol. The van der Waals surface area contributed by atoms with Crippen molar-refractivity contribution >= 4 is 27.5 Å². The molecule has 5 nitrogen and oxygen atoms in total. The molecule has 4 aromatic rings. The standard InChI is InChI=1S/C21H17N3O2S/c1-13-7-6-10-16(11-13)19(25)23-24-12-22-20-18(21(24)26)17(14(2)27-20)15-8-4-3-5-9-15/h3-12H,1-2H3,(H,23,25). The molecule has 4 rings (SSSR count). The smallest absolute Gasteiger partial charge is 0.267 e. The van der Waals surface area contributed by atoms with Crippen LogP contribution in [0.3, 0.4) is 0 Å². The van der Waals surface area contributed by atoms with Crippen molar-refractivity contribution in [2.45, 2.75) is 13.8 Å². The van der Waals surface area contributed by atoms with Crippen LogP contribution in [0.2, 0.25) is 0 Å². The van der Waals surface area contributed by atoms with Crippen LogP contribution in [0.15, 0.2) is 65.7 Å². The summed E-state index contributed by atoms with van der Waals surface area (Å²) in [5, 5.41) is 0.524. The van der Waals surface area contributed by atoms with Crippen LogP contribution in [0.1, 0.15) is 20.8 Å². The number of aryl methyl sites for hydroxylation is 2. The summed E-state index contributed by atoms with van der Waals surface area (Å²) in [4.78, 5) is 31.7. The molecule has 0 unspecified atom stereocenters. The second kappa shape index (κ2) is 6.81. The summed E-state index contributed by atoms with van der Waals surface area (Å²) in [6.07, 6.45) is 1.36. The van der Waals surface area contributed by atoms with Gasteiger partial charge in [0, 0.05) is 16.0 Å². The third-order valence-electron chi connectivity index (χ3n) is 4.35. The lowest BCUT2D eigenvalue weighted by Crippen LogP contribution is -2.33. The number of rotatable bonds is 3. The number of carbonyl (C=O) groups is 1. The van der Waals surface area contributed by atoms with Crippen molar-refractivity contribution in [3.05, 3.63) is 87.3 Å². The summed E-state index contributed by atoms with van der Waals surface area (Å²) in [5.74, 6) is -0.352. The number of nitrogens with one attached hydrogen (secondary N) is 1. The van der Waals surface area contributed by atoms with Crippen LogP contribution in [-0.4, -0.2) is 15.6 Å². The molecule has 0 aliphatic heterocycles. The van der Waals surface area contributed by atoms with E-state index in [9.17, 15) is 9.59 Å². The van der Waals surface area contributed by atoms with Crippen molar-refractivity contribution in [1.29, 1.82) is 0 Å². The number of hydrogen-bond donors (Lipinski definition) is 1. The number of hydrogen-bond acceptors (Lipinski definition) is 4. The highest BCUT2D eigenvalue weighted by molar-refractivity contribution is 7.19. The first-order valence-electron chi connectivity index (χ1n) is 8.49. The lowest BCUT2D eigenvalue weighted by atomic mass is 10.0. The van der Waals surface area contributed by atoms with E-state index in [1.807, 2.05) is 56.3 Å². The molecule has 0 atom stereocenters. The average molecular weight is 375 g/mol. The van der Waals surface area contributed by atoms with Crippen LogP contribution in [0.4, 0.5) is 0 Å². The molecule has 1 amide bonds. The number of amides is 1.